The van der Waals surface area contributed by atoms with Crippen LogP contribution in [0.3, 0.4) is 0 Å². The third kappa shape index (κ3) is 2.48. The number of fused-ring (bicyclic) bond motifs is 7. The summed E-state index contributed by atoms with van der Waals surface area (Å²) in [6.45, 7) is 0. The quantitative estimate of drug-likeness (QED) is 0.584. The van der Waals surface area contributed by atoms with Crippen molar-refractivity contribution in [1.82, 2.24) is 0 Å². The summed E-state index contributed by atoms with van der Waals surface area (Å²) in [5.74, 6) is 1.69. The van der Waals surface area contributed by atoms with Gasteiger partial charge in [-0.1, -0.05) is 54.7 Å². The Kier molecular flexibility index (Phi) is 3.64. The molecule has 152 valence electrons. The molecular weight excluding hydrogens is 380 g/mol. The van der Waals surface area contributed by atoms with Gasteiger partial charge in [0.25, 0.3) is 0 Å². The molecule has 0 N–H and O–H groups in total. The van der Waals surface area contributed by atoms with Gasteiger partial charge >= 0.3 is 0 Å². The molecule has 0 aromatic heterocycles. The normalized spacial score (nSPS) is 24.5. The zero-order valence-electron chi connectivity index (χ0n) is 17.5. The second-order valence-electron chi connectivity index (χ2n) is 9.35. The second-order valence-corrected chi connectivity index (χ2v) is 9.35. The van der Waals surface area contributed by atoms with Crippen LogP contribution in [0.2, 0.25) is 0 Å². The van der Waals surface area contributed by atoms with Crippen LogP contribution in [0.4, 0.5) is 0 Å². The molecule has 1 unspecified atom stereocenters. The van der Waals surface area contributed by atoms with E-state index in [1.807, 2.05) is 0 Å². The van der Waals surface area contributed by atoms with E-state index in [-0.39, 0.29) is 6.10 Å². The third-order valence-corrected chi connectivity index (χ3v) is 7.76. The van der Waals surface area contributed by atoms with Crippen LogP contribution in [-0.2, 0) is 24.1 Å². The highest BCUT2D eigenvalue weighted by Gasteiger charge is 2.36. The molecule has 0 saturated carbocycles. The van der Waals surface area contributed by atoms with Crippen molar-refractivity contribution in [1.29, 1.82) is 0 Å². The predicted octanol–water partition coefficient (Wildman–Crippen LogP) is 5.99. The van der Waals surface area contributed by atoms with Gasteiger partial charge < -0.3 is 4.74 Å². The van der Waals surface area contributed by atoms with Crippen molar-refractivity contribution in [2.45, 2.75) is 50.5 Å². The lowest BCUT2D eigenvalue weighted by atomic mass is 9.74. The Morgan fingerprint density at radius 3 is 2.81 bits per heavy atom. The van der Waals surface area contributed by atoms with Crippen LogP contribution in [0.25, 0.3) is 17.7 Å². The van der Waals surface area contributed by atoms with Crippen molar-refractivity contribution in [3.63, 3.8) is 0 Å². The molecule has 0 bridgehead atoms. The fourth-order valence-electron chi connectivity index (χ4n) is 6.26. The fourth-order valence-corrected chi connectivity index (χ4v) is 6.26. The average molecular weight is 405 g/mol. The zero-order chi connectivity index (χ0) is 20.5. The summed E-state index contributed by atoms with van der Waals surface area (Å²) in [5, 5.41) is 0. The Bertz CT molecular complexity index is 1280. The van der Waals surface area contributed by atoms with E-state index in [1.54, 1.807) is 0 Å². The monoisotopic (exact) mass is 404 g/mol. The number of hydrogen-bond donors (Lipinski definition) is 0. The highest BCUT2D eigenvalue weighted by Crippen LogP contribution is 2.46. The van der Waals surface area contributed by atoms with Crippen LogP contribution >= 0.6 is 0 Å². The maximum absolute atomic E-state index is 12.9. The second kappa shape index (κ2) is 6.43. The first kappa shape index (κ1) is 17.5. The predicted molar refractivity (Wildman–Crippen MR) is 124 cm³/mol. The lowest BCUT2D eigenvalue weighted by molar-refractivity contribution is -0.115. The van der Waals surface area contributed by atoms with Gasteiger partial charge in [-0.25, -0.2) is 0 Å². The van der Waals surface area contributed by atoms with Gasteiger partial charge in [-0.3, -0.25) is 4.79 Å². The lowest BCUT2D eigenvalue weighted by Gasteiger charge is -2.31. The zero-order valence-corrected chi connectivity index (χ0v) is 17.5. The van der Waals surface area contributed by atoms with Gasteiger partial charge in [-0.15, -0.1) is 0 Å². The number of carbonyl (C=O) groups excluding carboxylic acids is 1. The SMILES string of the molecule is O=C1Cc2c(ccc3c2C=CCC3[C@@H]2Cc3c(ccc4c3C=CC4)O2)C2=C1CCC=C2. The fraction of sp³-hybridized carbons (Fsp3) is 0.276. The summed E-state index contributed by atoms with van der Waals surface area (Å²) in [4.78, 5) is 12.9. The molecule has 31 heavy (non-hydrogen) atoms. The summed E-state index contributed by atoms with van der Waals surface area (Å²) < 4.78 is 6.52. The Hall–Kier alpha value is -3.13. The molecule has 7 rings (SSSR count). The molecule has 2 heteroatoms. The molecular formula is C29H24O2. The van der Waals surface area contributed by atoms with Crippen LogP contribution in [0.5, 0.6) is 5.75 Å². The molecule has 4 aliphatic carbocycles. The van der Waals surface area contributed by atoms with Gasteiger partial charge in [0.1, 0.15) is 11.9 Å². The molecule has 1 heterocycles. The van der Waals surface area contributed by atoms with Crippen molar-refractivity contribution in [2.75, 3.05) is 0 Å². The maximum atomic E-state index is 12.9. The number of Topliss-reactive ketones (excluding diaryl/α,β-unsaturated/α-hetero) is 1. The van der Waals surface area contributed by atoms with Crippen molar-refractivity contribution in [3.05, 3.63) is 93.1 Å². The van der Waals surface area contributed by atoms with Crippen LogP contribution in [0.15, 0.2) is 54.1 Å². The first-order chi connectivity index (χ1) is 15.3. The number of ketones is 1. The largest absolute Gasteiger partial charge is 0.489 e. The van der Waals surface area contributed by atoms with E-state index in [4.69, 9.17) is 4.74 Å². The maximum Gasteiger partial charge on any atom is 0.163 e. The van der Waals surface area contributed by atoms with Crippen LogP contribution in [0, 0.1) is 0 Å². The number of hydrogen-bond acceptors (Lipinski definition) is 2. The van der Waals surface area contributed by atoms with E-state index in [0.717, 1.165) is 49.0 Å². The van der Waals surface area contributed by atoms with Gasteiger partial charge in [0.2, 0.25) is 0 Å². The van der Waals surface area contributed by atoms with E-state index >= 15 is 0 Å². The molecule has 0 saturated heterocycles. The molecule has 0 fully saturated rings. The van der Waals surface area contributed by atoms with Gasteiger partial charge in [-0.05, 0) is 70.7 Å². The van der Waals surface area contributed by atoms with E-state index in [9.17, 15) is 4.79 Å². The van der Waals surface area contributed by atoms with Crippen LogP contribution in [-0.4, -0.2) is 11.9 Å². The third-order valence-electron chi connectivity index (χ3n) is 7.76. The molecule has 2 aromatic carbocycles. The van der Waals surface area contributed by atoms with Crippen molar-refractivity contribution in [3.8, 4) is 5.75 Å². The summed E-state index contributed by atoms with van der Waals surface area (Å²) in [7, 11) is 0. The van der Waals surface area contributed by atoms with Crippen molar-refractivity contribution in [2.24, 2.45) is 0 Å². The molecule has 0 radical (unpaired) electrons. The number of allylic oxidation sites excluding steroid dienone is 6. The Labute approximate surface area is 182 Å². The van der Waals surface area contributed by atoms with E-state index in [2.05, 4.69) is 60.7 Å². The Morgan fingerprint density at radius 2 is 1.84 bits per heavy atom. The average Bonchev–Trinajstić information content (AvgIpc) is 3.45. The van der Waals surface area contributed by atoms with Gasteiger partial charge in [-0.2, -0.15) is 0 Å². The first-order valence-electron chi connectivity index (χ1n) is 11.5. The van der Waals surface area contributed by atoms with E-state index in [1.165, 1.54) is 38.9 Å². The first-order valence-corrected chi connectivity index (χ1v) is 11.5. The number of carbonyl (C=O) groups is 1. The lowest BCUT2D eigenvalue weighted by Crippen LogP contribution is -2.26. The molecule has 2 nitrogen and oxygen atoms in total. The summed E-state index contributed by atoms with van der Waals surface area (Å²) in [5.41, 5.74) is 11.4. The molecule has 2 atom stereocenters. The van der Waals surface area contributed by atoms with Crippen molar-refractivity contribution < 1.29 is 9.53 Å². The number of rotatable bonds is 1. The van der Waals surface area contributed by atoms with Gasteiger partial charge in [0, 0.05) is 29.9 Å². The minimum absolute atomic E-state index is 0.154. The minimum Gasteiger partial charge on any atom is -0.489 e. The number of ether oxygens (including phenoxy) is 1. The van der Waals surface area contributed by atoms with Crippen molar-refractivity contribution >= 4 is 23.5 Å². The van der Waals surface area contributed by atoms with Gasteiger partial charge in [0.05, 0.1) is 0 Å². The van der Waals surface area contributed by atoms with Gasteiger partial charge in [0.15, 0.2) is 5.78 Å². The van der Waals surface area contributed by atoms with E-state index < -0.39 is 0 Å². The smallest absolute Gasteiger partial charge is 0.163 e. The molecule has 1 aliphatic heterocycles. The topological polar surface area (TPSA) is 26.3 Å². The summed E-state index contributed by atoms with van der Waals surface area (Å²) in [6.07, 6.45) is 19.0. The van der Waals surface area contributed by atoms with Crippen LogP contribution in [0.1, 0.15) is 64.1 Å². The molecule has 0 spiro atoms. The minimum atomic E-state index is 0.154. The Morgan fingerprint density at radius 1 is 0.903 bits per heavy atom. The standard InChI is InChI=1S/C29H24O2/c30-27-15-25-20-9-4-10-24(21(20)12-13-22(25)19-6-1-2-7-23(19)27)29-16-26-18-8-3-5-17(18)11-14-28(26)31-29/h1,3-4,6,8-9,11-14,24,29H,2,5,7,10,15-16H2/t24?,29-/m0/s1. The molecule has 2 aromatic rings. The van der Waals surface area contributed by atoms with Crippen LogP contribution < -0.4 is 4.74 Å². The molecule has 0 amide bonds. The van der Waals surface area contributed by atoms with E-state index in [0.29, 0.717) is 18.1 Å². The molecule has 5 aliphatic rings. The highest BCUT2D eigenvalue weighted by atomic mass is 16.5. The number of benzene rings is 2. The summed E-state index contributed by atoms with van der Waals surface area (Å²) in [6, 6.07) is 8.95. The Balaban J connectivity index is 1.29. The summed E-state index contributed by atoms with van der Waals surface area (Å²) >= 11 is 0. The highest BCUT2D eigenvalue weighted by molar-refractivity contribution is 6.10.